The first-order valence-corrected chi connectivity index (χ1v) is 10.9. The van der Waals surface area contributed by atoms with Gasteiger partial charge in [-0.3, -0.25) is 4.99 Å². The largest absolute Gasteiger partial charge is 0.385 e. The Hall–Kier alpha value is -0.850. The average Bonchev–Trinajstić information content (AvgIpc) is 3.17. The van der Waals surface area contributed by atoms with Gasteiger partial charge in [0.25, 0.3) is 0 Å². The van der Waals surface area contributed by atoms with Crippen molar-refractivity contribution in [3.8, 4) is 0 Å². The maximum Gasteiger partial charge on any atom is 0.191 e. The molecule has 1 heterocycles. The number of hydrogen-bond donors (Lipinski definition) is 2. The Labute approximate surface area is 166 Å². The highest BCUT2D eigenvalue weighted by atomic mass is 16.5. The van der Waals surface area contributed by atoms with E-state index in [9.17, 15) is 0 Å². The number of ether oxygens (including phenoxy) is 2. The summed E-state index contributed by atoms with van der Waals surface area (Å²) < 4.78 is 10.5. The van der Waals surface area contributed by atoms with Gasteiger partial charge < -0.3 is 25.0 Å². The number of nitrogens with one attached hydrogen (secondary N) is 2. The lowest BCUT2D eigenvalue weighted by atomic mass is 9.83. The van der Waals surface area contributed by atoms with E-state index in [1.807, 2.05) is 0 Å². The van der Waals surface area contributed by atoms with Crippen molar-refractivity contribution in [3.05, 3.63) is 0 Å². The average molecular weight is 383 g/mol. The molecule has 6 heteroatoms. The van der Waals surface area contributed by atoms with Crippen LogP contribution in [0.15, 0.2) is 4.99 Å². The molecule has 2 rings (SSSR count). The molecule has 2 fully saturated rings. The molecule has 0 aromatic rings. The summed E-state index contributed by atoms with van der Waals surface area (Å²) in [6, 6.07) is 0. The van der Waals surface area contributed by atoms with Gasteiger partial charge in [0.15, 0.2) is 5.96 Å². The molecule has 0 aromatic carbocycles. The minimum Gasteiger partial charge on any atom is -0.385 e. The molecule has 0 spiro atoms. The molecule has 6 nitrogen and oxygen atoms in total. The van der Waals surface area contributed by atoms with E-state index in [1.54, 1.807) is 14.2 Å². The first-order valence-electron chi connectivity index (χ1n) is 10.9. The molecule has 158 valence electrons. The van der Waals surface area contributed by atoms with Gasteiger partial charge in [-0.05, 0) is 63.5 Å². The van der Waals surface area contributed by atoms with Crippen molar-refractivity contribution in [2.45, 2.75) is 51.9 Å². The van der Waals surface area contributed by atoms with Crippen LogP contribution in [-0.2, 0) is 9.47 Å². The molecule has 27 heavy (non-hydrogen) atoms. The molecule has 0 unspecified atom stereocenters. The third-order valence-corrected chi connectivity index (χ3v) is 6.29. The fourth-order valence-corrected chi connectivity index (χ4v) is 4.39. The van der Waals surface area contributed by atoms with Crippen molar-refractivity contribution in [2.75, 3.05) is 66.7 Å². The van der Waals surface area contributed by atoms with Gasteiger partial charge in [-0.1, -0.05) is 12.8 Å². The summed E-state index contributed by atoms with van der Waals surface area (Å²) in [5.74, 6) is 1.73. The molecule has 0 amide bonds. The lowest BCUT2D eigenvalue weighted by Gasteiger charge is -2.32. The quantitative estimate of drug-likeness (QED) is 0.425. The Balaban J connectivity index is 1.78. The number of guanidine groups is 1. The zero-order valence-corrected chi connectivity index (χ0v) is 17.9. The number of nitrogens with zero attached hydrogens (tertiary/aromatic N) is 2. The van der Waals surface area contributed by atoms with Gasteiger partial charge in [-0.2, -0.15) is 0 Å². The highest BCUT2D eigenvalue weighted by molar-refractivity contribution is 5.79. The molecule has 1 saturated heterocycles. The van der Waals surface area contributed by atoms with E-state index in [-0.39, 0.29) is 0 Å². The van der Waals surface area contributed by atoms with E-state index in [2.05, 4.69) is 22.5 Å². The fourth-order valence-electron chi connectivity index (χ4n) is 4.39. The monoisotopic (exact) mass is 382 g/mol. The topological polar surface area (TPSA) is 58.1 Å². The van der Waals surface area contributed by atoms with Crippen LogP contribution in [0.2, 0.25) is 0 Å². The lowest BCUT2D eigenvalue weighted by molar-refractivity contribution is 0.120. The van der Waals surface area contributed by atoms with E-state index in [4.69, 9.17) is 14.5 Å². The number of piperidine rings is 1. The van der Waals surface area contributed by atoms with Crippen molar-refractivity contribution in [1.82, 2.24) is 15.5 Å². The van der Waals surface area contributed by atoms with Crippen LogP contribution in [0.1, 0.15) is 51.9 Å². The summed E-state index contributed by atoms with van der Waals surface area (Å²) in [4.78, 5) is 7.49. The third kappa shape index (κ3) is 7.96. The second-order valence-corrected chi connectivity index (χ2v) is 8.30. The van der Waals surface area contributed by atoms with Crippen LogP contribution in [0.3, 0.4) is 0 Å². The zero-order valence-electron chi connectivity index (χ0n) is 17.9. The number of hydrogen-bond acceptors (Lipinski definition) is 4. The van der Waals surface area contributed by atoms with Crippen LogP contribution in [0.25, 0.3) is 0 Å². The maximum atomic E-state index is 5.35. The predicted molar refractivity (Wildman–Crippen MR) is 112 cm³/mol. The molecule has 2 aliphatic rings. The van der Waals surface area contributed by atoms with Crippen LogP contribution in [0.4, 0.5) is 0 Å². The van der Waals surface area contributed by atoms with Crippen molar-refractivity contribution < 1.29 is 9.47 Å². The number of likely N-dealkylation sites (tertiary alicyclic amines) is 1. The van der Waals surface area contributed by atoms with E-state index in [0.29, 0.717) is 5.41 Å². The van der Waals surface area contributed by atoms with Crippen LogP contribution in [0.5, 0.6) is 0 Å². The Morgan fingerprint density at radius 3 is 2.41 bits per heavy atom. The first kappa shape index (κ1) is 22.4. The number of aliphatic imine (C=N–C) groups is 1. The predicted octanol–water partition coefficient (Wildman–Crippen LogP) is 2.50. The summed E-state index contributed by atoms with van der Waals surface area (Å²) in [7, 11) is 3.58. The normalized spacial score (nSPS) is 21.5. The number of rotatable bonds is 11. The van der Waals surface area contributed by atoms with Crippen LogP contribution in [0, 0.1) is 11.3 Å². The Kier molecular flexibility index (Phi) is 10.5. The molecule has 0 bridgehead atoms. The molecule has 0 radical (unpaired) electrons. The second-order valence-electron chi connectivity index (χ2n) is 8.30. The van der Waals surface area contributed by atoms with Crippen LogP contribution >= 0.6 is 0 Å². The van der Waals surface area contributed by atoms with Gasteiger partial charge in [-0.15, -0.1) is 0 Å². The van der Waals surface area contributed by atoms with E-state index < -0.39 is 0 Å². The standard InChI is InChI=1S/C21H42N4O2/c1-4-22-20(24-18-21(11-15-26-2)9-5-6-10-21)23-17-19-7-12-25(13-8-19)14-16-27-3/h19H,4-18H2,1-3H3,(H2,22,23,24). The van der Waals surface area contributed by atoms with Crippen LogP contribution < -0.4 is 10.6 Å². The zero-order chi connectivity index (χ0) is 19.4. The molecule has 0 atom stereocenters. The smallest absolute Gasteiger partial charge is 0.191 e. The Bertz CT molecular complexity index is 416. The summed E-state index contributed by atoms with van der Waals surface area (Å²) in [5.41, 5.74) is 0.352. The summed E-state index contributed by atoms with van der Waals surface area (Å²) in [5, 5.41) is 7.05. The van der Waals surface area contributed by atoms with Gasteiger partial charge in [0.1, 0.15) is 0 Å². The molecule has 1 saturated carbocycles. The summed E-state index contributed by atoms with van der Waals surface area (Å²) in [6.07, 6.45) is 8.90. The SMILES string of the molecule is CCNC(=NCC1(CCOC)CCCC1)NCC1CCN(CCOC)CC1. The van der Waals surface area contributed by atoms with E-state index >= 15 is 0 Å². The van der Waals surface area contributed by atoms with Crippen LogP contribution in [-0.4, -0.2) is 77.6 Å². The van der Waals surface area contributed by atoms with Crippen molar-refractivity contribution in [2.24, 2.45) is 16.3 Å². The summed E-state index contributed by atoms with van der Waals surface area (Å²) >= 11 is 0. The molecule has 0 aromatic heterocycles. The maximum absolute atomic E-state index is 5.35. The Morgan fingerprint density at radius 2 is 1.78 bits per heavy atom. The third-order valence-electron chi connectivity index (χ3n) is 6.29. The van der Waals surface area contributed by atoms with Crippen molar-refractivity contribution in [1.29, 1.82) is 0 Å². The van der Waals surface area contributed by atoms with E-state index in [1.165, 1.54) is 51.6 Å². The lowest BCUT2D eigenvalue weighted by Crippen LogP contribution is -2.43. The molecular formula is C21H42N4O2. The van der Waals surface area contributed by atoms with Gasteiger partial charge >= 0.3 is 0 Å². The van der Waals surface area contributed by atoms with Gasteiger partial charge in [-0.25, -0.2) is 0 Å². The van der Waals surface area contributed by atoms with Crippen molar-refractivity contribution >= 4 is 5.96 Å². The van der Waals surface area contributed by atoms with Crippen molar-refractivity contribution in [3.63, 3.8) is 0 Å². The first-order chi connectivity index (χ1) is 13.2. The Morgan fingerprint density at radius 1 is 1.07 bits per heavy atom. The molecular weight excluding hydrogens is 340 g/mol. The minimum absolute atomic E-state index is 0.352. The number of methoxy groups -OCH3 is 2. The minimum atomic E-state index is 0.352. The molecule has 1 aliphatic heterocycles. The van der Waals surface area contributed by atoms with Gasteiger partial charge in [0, 0.05) is 47.0 Å². The molecule has 2 N–H and O–H groups in total. The highest BCUT2D eigenvalue weighted by Crippen LogP contribution is 2.41. The second kappa shape index (κ2) is 12.6. The van der Waals surface area contributed by atoms with Gasteiger partial charge in [0.05, 0.1) is 6.61 Å². The van der Waals surface area contributed by atoms with E-state index in [0.717, 1.165) is 57.7 Å². The molecule has 1 aliphatic carbocycles. The van der Waals surface area contributed by atoms with Gasteiger partial charge in [0.2, 0.25) is 0 Å². The highest BCUT2D eigenvalue weighted by Gasteiger charge is 2.33. The fraction of sp³-hybridized carbons (Fsp3) is 0.952. The summed E-state index contributed by atoms with van der Waals surface area (Å²) in [6.45, 7) is 10.1.